The van der Waals surface area contributed by atoms with Crippen LogP contribution in [-0.2, 0) is 26.2 Å². The topological polar surface area (TPSA) is 86.8 Å². The number of rotatable bonds is 11. The number of carbonyl (C=O) groups excluding carboxylic acids is 2. The van der Waals surface area contributed by atoms with Gasteiger partial charge < -0.3 is 10.2 Å². The van der Waals surface area contributed by atoms with Gasteiger partial charge >= 0.3 is 0 Å². The van der Waals surface area contributed by atoms with Gasteiger partial charge in [-0.1, -0.05) is 72.1 Å². The molecule has 1 unspecified atom stereocenters. The summed E-state index contributed by atoms with van der Waals surface area (Å²) < 4.78 is 29.1. The van der Waals surface area contributed by atoms with E-state index in [2.05, 4.69) is 5.32 Å². The zero-order valence-corrected chi connectivity index (χ0v) is 25.5. The fourth-order valence-electron chi connectivity index (χ4n) is 4.52. The Morgan fingerprint density at radius 3 is 2.17 bits per heavy atom. The second-order valence-electron chi connectivity index (χ2n) is 10.3. The van der Waals surface area contributed by atoms with Crippen molar-refractivity contribution in [1.82, 2.24) is 10.2 Å². The maximum atomic E-state index is 14.1. The highest BCUT2D eigenvalue weighted by Gasteiger charge is 2.34. The number of hydrogen-bond acceptors (Lipinski definition) is 4. The summed E-state index contributed by atoms with van der Waals surface area (Å²) in [7, 11) is -4.16. The molecule has 0 radical (unpaired) electrons. The van der Waals surface area contributed by atoms with Crippen molar-refractivity contribution in [2.24, 2.45) is 0 Å². The summed E-state index contributed by atoms with van der Waals surface area (Å²) in [5.41, 5.74) is 3.60. The van der Waals surface area contributed by atoms with E-state index in [0.29, 0.717) is 22.7 Å². The lowest BCUT2D eigenvalue weighted by Gasteiger charge is -2.34. The van der Waals surface area contributed by atoms with Crippen molar-refractivity contribution in [1.29, 1.82) is 0 Å². The molecule has 0 spiro atoms. The SMILES string of the molecule is CCC(C(=O)NC(C)C)N(Cc1cccc(C)c1)C(=O)CN(c1cccc(Cl)c1C)S(=O)(=O)c1ccc(C)cc1. The van der Waals surface area contributed by atoms with Gasteiger partial charge in [0.15, 0.2) is 0 Å². The molecule has 0 heterocycles. The molecule has 3 aromatic carbocycles. The Kier molecular flexibility index (Phi) is 10.4. The minimum Gasteiger partial charge on any atom is -0.352 e. The van der Waals surface area contributed by atoms with Crippen LogP contribution >= 0.6 is 11.6 Å². The minimum absolute atomic E-state index is 0.0557. The average molecular weight is 584 g/mol. The smallest absolute Gasteiger partial charge is 0.264 e. The van der Waals surface area contributed by atoms with Crippen molar-refractivity contribution in [3.8, 4) is 0 Å². The molecule has 214 valence electrons. The first-order valence-corrected chi connectivity index (χ1v) is 15.2. The summed E-state index contributed by atoms with van der Waals surface area (Å²) in [5.74, 6) is -0.785. The maximum Gasteiger partial charge on any atom is 0.264 e. The number of amides is 2. The van der Waals surface area contributed by atoms with Gasteiger partial charge in [0.1, 0.15) is 12.6 Å². The number of aryl methyl sites for hydroxylation is 2. The number of nitrogens with zero attached hydrogens (tertiary/aromatic N) is 2. The van der Waals surface area contributed by atoms with Crippen LogP contribution in [0.5, 0.6) is 0 Å². The number of hydrogen-bond donors (Lipinski definition) is 1. The zero-order chi connectivity index (χ0) is 29.6. The van der Waals surface area contributed by atoms with Crippen LogP contribution in [0.1, 0.15) is 49.4 Å². The summed E-state index contributed by atoms with van der Waals surface area (Å²) in [5, 5.41) is 3.29. The normalized spacial score (nSPS) is 12.2. The molecule has 0 aliphatic rings. The van der Waals surface area contributed by atoms with Crippen LogP contribution in [-0.4, -0.2) is 43.8 Å². The predicted octanol–water partition coefficient (Wildman–Crippen LogP) is 5.79. The monoisotopic (exact) mass is 583 g/mol. The number of benzene rings is 3. The fourth-order valence-corrected chi connectivity index (χ4v) is 6.17. The van der Waals surface area contributed by atoms with Crippen LogP contribution < -0.4 is 9.62 Å². The van der Waals surface area contributed by atoms with E-state index in [1.165, 1.54) is 17.0 Å². The van der Waals surface area contributed by atoms with E-state index in [-0.39, 0.29) is 23.4 Å². The summed E-state index contributed by atoms with van der Waals surface area (Å²) in [6.45, 7) is 10.7. The molecule has 1 atom stereocenters. The molecule has 0 aliphatic carbocycles. The molecule has 2 amide bonds. The van der Waals surface area contributed by atoms with Crippen LogP contribution in [0.2, 0.25) is 5.02 Å². The van der Waals surface area contributed by atoms with Crippen LogP contribution in [0.4, 0.5) is 5.69 Å². The Morgan fingerprint density at radius 2 is 1.57 bits per heavy atom. The number of carbonyl (C=O) groups is 2. The van der Waals surface area contributed by atoms with Gasteiger partial charge in [-0.15, -0.1) is 0 Å². The Bertz CT molecular complexity index is 1460. The predicted molar refractivity (Wildman–Crippen MR) is 161 cm³/mol. The molecular formula is C31H38ClN3O4S. The molecule has 3 rings (SSSR count). The molecule has 0 aliphatic heterocycles. The Labute approximate surface area is 243 Å². The fraction of sp³-hybridized carbons (Fsp3) is 0.355. The molecule has 1 N–H and O–H groups in total. The summed E-state index contributed by atoms with van der Waals surface area (Å²) in [4.78, 5) is 28.9. The lowest BCUT2D eigenvalue weighted by Crippen LogP contribution is -2.53. The van der Waals surface area contributed by atoms with Crippen molar-refractivity contribution in [3.63, 3.8) is 0 Å². The average Bonchev–Trinajstić information content (AvgIpc) is 2.88. The minimum atomic E-state index is -4.16. The largest absolute Gasteiger partial charge is 0.352 e. The number of anilines is 1. The van der Waals surface area contributed by atoms with Gasteiger partial charge in [-0.05, 0) is 76.4 Å². The van der Waals surface area contributed by atoms with E-state index in [0.717, 1.165) is 21.0 Å². The standard InChI is InChI=1S/C31H38ClN3O4S/c1-7-28(31(37)33-21(2)3)34(19-25-11-8-10-23(5)18-25)30(36)20-35(29-13-9-12-27(32)24(29)6)40(38,39)26-16-14-22(4)15-17-26/h8-18,21,28H,7,19-20H2,1-6H3,(H,33,37). The summed E-state index contributed by atoms with van der Waals surface area (Å²) >= 11 is 6.39. The molecule has 9 heteroatoms. The van der Waals surface area contributed by atoms with E-state index in [4.69, 9.17) is 11.6 Å². The maximum absolute atomic E-state index is 14.1. The van der Waals surface area contributed by atoms with Crippen LogP contribution in [0, 0.1) is 20.8 Å². The second kappa shape index (κ2) is 13.3. The lowest BCUT2D eigenvalue weighted by molar-refractivity contribution is -0.140. The summed E-state index contributed by atoms with van der Waals surface area (Å²) in [6.07, 6.45) is 0.358. The highest BCUT2D eigenvalue weighted by Crippen LogP contribution is 2.31. The van der Waals surface area contributed by atoms with E-state index in [1.54, 1.807) is 37.3 Å². The van der Waals surface area contributed by atoms with E-state index >= 15 is 0 Å². The third kappa shape index (κ3) is 7.43. The Balaban J connectivity index is 2.11. The first-order valence-electron chi connectivity index (χ1n) is 13.3. The van der Waals surface area contributed by atoms with Crippen molar-refractivity contribution < 1.29 is 18.0 Å². The van der Waals surface area contributed by atoms with Crippen molar-refractivity contribution in [2.75, 3.05) is 10.8 Å². The second-order valence-corrected chi connectivity index (χ2v) is 12.6. The first kappa shape index (κ1) is 31.2. The Morgan fingerprint density at radius 1 is 0.925 bits per heavy atom. The van der Waals surface area contributed by atoms with Crippen molar-refractivity contribution in [3.05, 3.63) is 94.0 Å². The highest BCUT2D eigenvalue weighted by atomic mass is 35.5. The third-order valence-corrected chi connectivity index (χ3v) is 8.83. The van der Waals surface area contributed by atoms with Crippen molar-refractivity contribution in [2.45, 2.75) is 71.5 Å². The highest BCUT2D eigenvalue weighted by molar-refractivity contribution is 7.92. The number of nitrogens with one attached hydrogen (secondary N) is 1. The van der Waals surface area contributed by atoms with E-state index in [9.17, 15) is 18.0 Å². The molecule has 0 saturated heterocycles. The molecule has 3 aromatic rings. The number of sulfonamides is 1. The van der Waals surface area contributed by atoms with Gasteiger partial charge in [-0.25, -0.2) is 8.42 Å². The molecule has 0 bridgehead atoms. The molecule has 40 heavy (non-hydrogen) atoms. The molecule has 7 nitrogen and oxygen atoms in total. The van der Waals surface area contributed by atoms with Crippen LogP contribution in [0.3, 0.4) is 0 Å². The number of halogens is 1. The van der Waals surface area contributed by atoms with Gasteiger partial charge in [0.25, 0.3) is 10.0 Å². The first-order chi connectivity index (χ1) is 18.8. The van der Waals surface area contributed by atoms with Crippen LogP contribution in [0.25, 0.3) is 0 Å². The van der Waals surface area contributed by atoms with Crippen LogP contribution in [0.15, 0.2) is 71.6 Å². The molecular weight excluding hydrogens is 546 g/mol. The summed E-state index contributed by atoms with van der Waals surface area (Å²) in [6, 6.07) is 18.2. The van der Waals surface area contributed by atoms with Gasteiger partial charge in [-0.2, -0.15) is 0 Å². The van der Waals surface area contributed by atoms with Gasteiger partial charge in [0.2, 0.25) is 11.8 Å². The van der Waals surface area contributed by atoms with Gasteiger partial charge in [-0.3, -0.25) is 13.9 Å². The van der Waals surface area contributed by atoms with Crippen molar-refractivity contribution >= 4 is 39.1 Å². The van der Waals surface area contributed by atoms with Gasteiger partial charge in [0.05, 0.1) is 10.6 Å². The molecule has 0 fully saturated rings. The van der Waals surface area contributed by atoms with E-state index < -0.39 is 28.5 Å². The lowest BCUT2D eigenvalue weighted by atomic mass is 10.1. The quantitative estimate of drug-likeness (QED) is 0.309. The Hall–Kier alpha value is -3.36. The molecule has 0 aromatic heterocycles. The van der Waals surface area contributed by atoms with Gasteiger partial charge in [0, 0.05) is 17.6 Å². The van der Waals surface area contributed by atoms with E-state index in [1.807, 2.05) is 58.9 Å². The molecule has 0 saturated carbocycles. The zero-order valence-electron chi connectivity index (χ0n) is 23.9. The third-order valence-electron chi connectivity index (χ3n) is 6.65.